The van der Waals surface area contributed by atoms with Gasteiger partial charge in [0.15, 0.2) is 11.6 Å². The van der Waals surface area contributed by atoms with Crippen molar-refractivity contribution in [1.29, 1.82) is 0 Å². The topological polar surface area (TPSA) is 35.5 Å². The fourth-order valence-corrected chi connectivity index (χ4v) is 3.18. The number of hydrogen-bond acceptors (Lipinski definition) is 3. The summed E-state index contributed by atoms with van der Waals surface area (Å²) in [6, 6.07) is 7.91. The van der Waals surface area contributed by atoms with Gasteiger partial charge >= 0.3 is 12.3 Å². The van der Waals surface area contributed by atoms with E-state index in [-0.39, 0.29) is 22.1 Å². The molecule has 0 radical (unpaired) electrons. The van der Waals surface area contributed by atoms with E-state index >= 15 is 0 Å². The summed E-state index contributed by atoms with van der Waals surface area (Å²) in [5.41, 5.74) is 0.414. The lowest BCUT2D eigenvalue weighted by atomic mass is 10.0. The van der Waals surface area contributed by atoms with Crippen LogP contribution >= 0.6 is 0 Å². The molecule has 9 heteroatoms. The van der Waals surface area contributed by atoms with Gasteiger partial charge < -0.3 is 9.47 Å². The van der Waals surface area contributed by atoms with Crippen molar-refractivity contribution in [1.82, 2.24) is 0 Å². The van der Waals surface area contributed by atoms with Crippen molar-refractivity contribution < 1.29 is 40.6 Å². The molecule has 0 heterocycles. The molecule has 32 heavy (non-hydrogen) atoms. The molecule has 0 spiro atoms. The van der Waals surface area contributed by atoms with E-state index in [1.54, 1.807) is 6.07 Å². The van der Waals surface area contributed by atoms with E-state index in [4.69, 9.17) is 4.74 Å². The number of fused-ring (bicyclic) bond motifs is 1. The van der Waals surface area contributed by atoms with E-state index in [9.17, 15) is 31.1 Å². The number of aryl methyl sites for hydroxylation is 1. The summed E-state index contributed by atoms with van der Waals surface area (Å²) >= 11 is 0. The molecule has 0 saturated carbocycles. The Labute approximate surface area is 179 Å². The summed E-state index contributed by atoms with van der Waals surface area (Å²) < 4.78 is 88.2. The summed E-state index contributed by atoms with van der Waals surface area (Å²) in [6.45, 7) is 2.05. The first kappa shape index (κ1) is 23.4. The Hall–Kier alpha value is -3.23. The number of hydrogen-bond donors (Lipinski definition) is 0. The second-order valence-corrected chi connectivity index (χ2v) is 7.09. The molecule has 0 N–H and O–H groups in total. The van der Waals surface area contributed by atoms with E-state index in [1.807, 2.05) is 6.92 Å². The number of unbranched alkanes of at least 4 members (excludes halogenated alkanes) is 2. The lowest BCUT2D eigenvalue weighted by molar-refractivity contribution is -0.276. The molecule has 3 nitrogen and oxygen atoms in total. The average molecular weight is 456 g/mol. The van der Waals surface area contributed by atoms with E-state index in [1.165, 1.54) is 12.1 Å². The standard InChI is InChI=1S/C23H18F6O3/c1-2-3-4-5-13-6-8-17(18(24)10-13)22(30)31-15-7-9-16-14(11-15)12-19(25)21(20(16)26)32-23(27,28)29/h6-12H,2-5H2,1H3. The van der Waals surface area contributed by atoms with Crippen LogP contribution in [-0.2, 0) is 6.42 Å². The van der Waals surface area contributed by atoms with Crippen LogP contribution in [0.5, 0.6) is 11.5 Å². The largest absolute Gasteiger partial charge is 0.573 e. The molecule has 0 aliphatic heterocycles. The highest BCUT2D eigenvalue weighted by atomic mass is 19.4. The van der Waals surface area contributed by atoms with Gasteiger partial charge in [-0.3, -0.25) is 0 Å². The van der Waals surface area contributed by atoms with Crippen LogP contribution in [0.2, 0.25) is 0 Å². The molecular formula is C23H18F6O3. The van der Waals surface area contributed by atoms with E-state index in [0.717, 1.165) is 43.0 Å². The van der Waals surface area contributed by atoms with Crippen LogP contribution < -0.4 is 9.47 Å². The molecule has 0 amide bonds. The first-order chi connectivity index (χ1) is 15.1. The smallest absolute Gasteiger partial charge is 0.423 e. The van der Waals surface area contributed by atoms with Crippen LogP contribution in [0.3, 0.4) is 0 Å². The fourth-order valence-electron chi connectivity index (χ4n) is 3.18. The maximum absolute atomic E-state index is 14.3. The minimum Gasteiger partial charge on any atom is -0.423 e. The monoisotopic (exact) mass is 456 g/mol. The van der Waals surface area contributed by atoms with Crippen molar-refractivity contribution in [2.45, 2.75) is 39.0 Å². The molecule has 3 rings (SSSR count). The van der Waals surface area contributed by atoms with Gasteiger partial charge in [-0.25, -0.2) is 18.0 Å². The highest BCUT2D eigenvalue weighted by Gasteiger charge is 2.34. The van der Waals surface area contributed by atoms with E-state index in [2.05, 4.69) is 4.74 Å². The maximum atomic E-state index is 14.3. The molecule has 0 fully saturated rings. The maximum Gasteiger partial charge on any atom is 0.573 e. The van der Waals surface area contributed by atoms with Crippen molar-refractivity contribution in [3.8, 4) is 11.5 Å². The van der Waals surface area contributed by atoms with Crippen molar-refractivity contribution >= 4 is 16.7 Å². The zero-order valence-corrected chi connectivity index (χ0v) is 16.9. The number of esters is 1. The molecule has 170 valence electrons. The third kappa shape index (κ3) is 5.52. The SMILES string of the molecule is CCCCCc1ccc(C(=O)Oc2ccc3c(F)c(OC(F)(F)F)c(F)cc3c2)c(F)c1. The number of alkyl halides is 3. The molecule has 3 aromatic rings. The van der Waals surface area contributed by atoms with Crippen LogP contribution in [0.4, 0.5) is 26.3 Å². The second-order valence-electron chi connectivity index (χ2n) is 7.09. The summed E-state index contributed by atoms with van der Waals surface area (Å²) in [5, 5.41) is -0.556. The van der Waals surface area contributed by atoms with Crippen LogP contribution in [0.1, 0.15) is 42.1 Å². The van der Waals surface area contributed by atoms with Gasteiger partial charge in [-0.05, 0) is 60.2 Å². The summed E-state index contributed by atoms with van der Waals surface area (Å²) in [5.74, 6) is -6.69. The normalized spacial score (nSPS) is 11.6. The molecule has 3 aromatic carbocycles. The predicted molar refractivity (Wildman–Crippen MR) is 105 cm³/mol. The zero-order valence-electron chi connectivity index (χ0n) is 16.9. The molecular weight excluding hydrogens is 438 g/mol. The predicted octanol–water partition coefficient (Wildman–Crippen LogP) is 7.11. The van der Waals surface area contributed by atoms with Crippen LogP contribution in [-0.4, -0.2) is 12.3 Å². The van der Waals surface area contributed by atoms with Crippen molar-refractivity contribution in [2.24, 2.45) is 0 Å². The Kier molecular flexibility index (Phi) is 6.96. The molecule has 0 saturated heterocycles. The van der Waals surface area contributed by atoms with Crippen molar-refractivity contribution in [3.05, 3.63) is 71.0 Å². The summed E-state index contributed by atoms with van der Waals surface area (Å²) in [4.78, 5) is 12.3. The molecule has 0 aromatic heterocycles. The summed E-state index contributed by atoms with van der Waals surface area (Å²) in [6.07, 6.45) is -1.70. The average Bonchev–Trinajstić information content (AvgIpc) is 2.70. The highest BCUT2D eigenvalue weighted by molar-refractivity contribution is 5.92. The first-order valence-corrected chi connectivity index (χ1v) is 9.77. The van der Waals surface area contributed by atoms with Crippen molar-refractivity contribution in [2.75, 3.05) is 0 Å². The van der Waals surface area contributed by atoms with Crippen molar-refractivity contribution in [3.63, 3.8) is 0 Å². The van der Waals surface area contributed by atoms with Gasteiger partial charge in [0.2, 0.25) is 5.75 Å². The Balaban J connectivity index is 1.82. The lowest BCUT2D eigenvalue weighted by Crippen LogP contribution is -2.19. The number of rotatable bonds is 7. The minimum atomic E-state index is -5.28. The Morgan fingerprint density at radius 2 is 1.69 bits per heavy atom. The van der Waals surface area contributed by atoms with E-state index in [0.29, 0.717) is 12.5 Å². The molecule has 0 bridgehead atoms. The minimum absolute atomic E-state index is 0.169. The van der Waals surface area contributed by atoms with Gasteiger partial charge in [0.1, 0.15) is 11.6 Å². The van der Waals surface area contributed by atoms with Gasteiger partial charge in [0.05, 0.1) is 5.56 Å². The van der Waals surface area contributed by atoms with E-state index < -0.39 is 35.5 Å². The van der Waals surface area contributed by atoms with Crippen LogP contribution in [0.15, 0.2) is 42.5 Å². The first-order valence-electron chi connectivity index (χ1n) is 9.77. The Morgan fingerprint density at radius 1 is 0.938 bits per heavy atom. The number of carbonyl (C=O) groups is 1. The number of halogens is 6. The molecule has 0 aliphatic carbocycles. The van der Waals surface area contributed by atoms with Gasteiger partial charge in [0.25, 0.3) is 0 Å². The third-order valence-electron chi connectivity index (χ3n) is 4.71. The number of carbonyl (C=O) groups excluding carboxylic acids is 1. The lowest BCUT2D eigenvalue weighted by Gasteiger charge is -2.13. The van der Waals surface area contributed by atoms with Gasteiger partial charge in [-0.15, -0.1) is 13.2 Å². The fraction of sp³-hybridized carbons (Fsp3) is 0.261. The number of benzene rings is 3. The van der Waals surface area contributed by atoms with Crippen LogP contribution in [0, 0.1) is 17.5 Å². The molecule has 0 aliphatic rings. The van der Waals surface area contributed by atoms with Crippen LogP contribution in [0.25, 0.3) is 10.8 Å². The highest BCUT2D eigenvalue weighted by Crippen LogP contribution is 2.35. The van der Waals surface area contributed by atoms with Gasteiger partial charge in [-0.1, -0.05) is 25.8 Å². The Bertz CT molecular complexity index is 1140. The molecule has 0 atom stereocenters. The summed E-state index contributed by atoms with van der Waals surface area (Å²) in [7, 11) is 0. The quantitative estimate of drug-likeness (QED) is 0.165. The third-order valence-corrected chi connectivity index (χ3v) is 4.71. The number of ether oxygens (including phenoxy) is 2. The zero-order chi connectivity index (χ0) is 23.5. The van der Waals surface area contributed by atoms with Gasteiger partial charge in [-0.2, -0.15) is 0 Å². The molecule has 0 unspecified atom stereocenters. The second kappa shape index (κ2) is 9.50. The Morgan fingerprint density at radius 3 is 2.34 bits per heavy atom. The van der Waals surface area contributed by atoms with Gasteiger partial charge in [0, 0.05) is 5.39 Å².